The summed E-state index contributed by atoms with van der Waals surface area (Å²) in [6.07, 6.45) is 5.26. The molecule has 2 amide bonds. The van der Waals surface area contributed by atoms with Crippen LogP contribution in [0.2, 0.25) is 0 Å². The highest BCUT2D eigenvalue weighted by Gasteiger charge is 2.36. The van der Waals surface area contributed by atoms with Gasteiger partial charge in [0.1, 0.15) is 6.04 Å². The number of hydrogen-bond acceptors (Lipinski definition) is 3. The number of likely N-dealkylation sites (N-methyl/N-ethyl adjacent to an activating group) is 1. The quantitative estimate of drug-likeness (QED) is 0.833. The molecule has 0 radical (unpaired) electrons. The average molecular weight is 343 g/mol. The van der Waals surface area contributed by atoms with E-state index in [0.717, 1.165) is 19.4 Å². The summed E-state index contributed by atoms with van der Waals surface area (Å²) in [5.74, 6) is 0.393. The number of nitrogens with one attached hydrogen (secondary N) is 2. The maximum absolute atomic E-state index is 12.8. The Hall–Kier alpha value is -1.88. The van der Waals surface area contributed by atoms with Gasteiger partial charge < -0.3 is 10.6 Å². The zero-order valence-corrected chi connectivity index (χ0v) is 15.2. The molecule has 2 aliphatic rings. The number of nitrogens with zero attached hydrogens (tertiary/aromatic N) is 1. The van der Waals surface area contributed by atoms with Crippen molar-refractivity contribution in [2.24, 2.45) is 5.92 Å². The van der Waals surface area contributed by atoms with Gasteiger partial charge in [-0.15, -0.1) is 0 Å². The van der Waals surface area contributed by atoms with Crippen molar-refractivity contribution in [3.05, 3.63) is 35.9 Å². The van der Waals surface area contributed by atoms with E-state index in [9.17, 15) is 9.59 Å². The summed E-state index contributed by atoms with van der Waals surface area (Å²) in [7, 11) is 2.10. The summed E-state index contributed by atoms with van der Waals surface area (Å²) in [5, 5.41) is 6.08. The predicted octanol–water partition coefficient (Wildman–Crippen LogP) is 2.24. The summed E-state index contributed by atoms with van der Waals surface area (Å²) in [6.45, 7) is 2.44. The van der Waals surface area contributed by atoms with Gasteiger partial charge in [0.05, 0.1) is 6.04 Å². The Balaban J connectivity index is 1.67. The first-order valence-electron chi connectivity index (χ1n) is 9.37. The maximum atomic E-state index is 12.8. The standard InChI is InChI=1S/C20H29N3O2/c1-14(24)21-18(13-15-7-6-8-15)20(25)22-17-11-12-23(2)19(17)16-9-4-3-5-10-16/h3-5,9-10,15,17-19H,6-8,11-13H2,1-2H3,(H,21,24)(H,22,25)/t17-,18+,19+/m0/s1. The molecule has 2 fully saturated rings. The molecule has 1 aliphatic heterocycles. The van der Waals surface area contributed by atoms with Crippen molar-refractivity contribution in [1.82, 2.24) is 15.5 Å². The predicted molar refractivity (Wildman–Crippen MR) is 97.9 cm³/mol. The Morgan fingerprint density at radius 1 is 1.20 bits per heavy atom. The molecule has 0 unspecified atom stereocenters. The lowest BCUT2D eigenvalue weighted by atomic mass is 9.80. The van der Waals surface area contributed by atoms with Gasteiger partial charge >= 0.3 is 0 Å². The van der Waals surface area contributed by atoms with E-state index in [-0.39, 0.29) is 23.9 Å². The van der Waals surface area contributed by atoms with E-state index in [1.807, 2.05) is 18.2 Å². The van der Waals surface area contributed by atoms with Crippen molar-refractivity contribution in [2.45, 2.75) is 57.2 Å². The fraction of sp³-hybridized carbons (Fsp3) is 0.600. The van der Waals surface area contributed by atoms with E-state index >= 15 is 0 Å². The number of carbonyl (C=O) groups is 2. The van der Waals surface area contributed by atoms with Crippen molar-refractivity contribution in [3.63, 3.8) is 0 Å². The molecule has 2 N–H and O–H groups in total. The molecular weight excluding hydrogens is 314 g/mol. The topological polar surface area (TPSA) is 61.4 Å². The number of carbonyl (C=O) groups excluding carboxylic acids is 2. The largest absolute Gasteiger partial charge is 0.350 e. The fourth-order valence-electron chi connectivity index (χ4n) is 4.06. The molecule has 1 aromatic carbocycles. The van der Waals surface area contributed by atoms with Gasteiger partial charge in [0.15, 0.2) is 0 Å². The van der Waals surface area contributed by atoms with Gasteiger partial charge in [-0.2, -0.15) is 0 Å². The van der Waals surface area contributed by atoms with Crippen LogP contribution in [0.3, 0.4) is 0 Å². The Morgan fingerprint density at radius 2 is 1.92 bits per heavy atom. The number of likely N-dealkylation sites (tertiary alicyclic amines) is 1. The van der Waals surface area contributed by atoms with Gasteiger partial charge in [-0.25, -0.2) is 0 Å². The highest BCUT2D eigenvalue weighted by molar-refractivity contribution is 5.87. The normalized spacial score (nSPS) is 25.2. The average Bonchev–Trinajstić information content (AvgIpc) is 2.90. The molecule has 25 heavy (non-hydrogen) atoms. The molecule has 1 aliphatic carbocycles. The number of hydrogen-bond donors (Lipinski definition) is 2. The molecule has 3 atom stereocenters. The van der Waals surface area contributed by atoms with Gasteiger partial charge in [-0.3, -0.25) is 14.5 Å². The van der Waals surface area contributed by atoms with E-state index in [4.69, 9.17) is 0 Å². The van der Waals surface area contributed by atoms with Gasteiger partial charge in [0.2, 0.25) is 11.8 Å². The molecule has 5 heteroatoms. The third-order valence-electron chi connectivity index (χ3n) is 5.61. The van der Waals surface area contributed by atoms with E-state index in [2.05, 4.69) is 34.7 Å². The third kappa shape index (κ3) is 4.40. The molecular formula is C20H29N3O2. The highest BCUT2D eigenvalue weighted by Crippen LogP contribution is 2.32. The first kappa shape index (κ1) is 17.9. The third-order valence-corrected chi connectivity index (χ3v) is 5.61. The van der Waals surface area contributed by atoms with Crippen LogP contribution in [0.15, 0.2) is 30.3 Å². The zero-order chi connectivity index (χ0) is 17.8. The van der Waals surface area contributed by atoms with E-state index in [1.54, 1.807) is 0 Å². The molecule has 0 bridgehead atoms. The van der Waals surface area contributed by atoms with Crippen LogP contribution in [-0.4, -0.2) is 42.4 Å². The van der Waals surface area contributed by atoms with E-state index in [0.29, 0.717) is 5.92 Å². The zero-order valence-electron chi connectivity index (χ0n) is 15.2. The van der Waals surface area contributed by atoms with E-state index < -0.39 is 6.04 Å². The minimum absolute atomic E-state index is 0.0386. The van der Waals surface area contributed by atoms with Crippen LogP contribution < -0.4 is 10.6 Å². The van der Waals surface area contributed by atoms with Crippen LogP contribution in [0.1, 0.15) is 50.6 Å². The Labute approximate surface area is 150 Å². The van der Waals surface area contributed by atoms with Crippen LogP contribution >= 0.6 is 0 Å². The van der Waals surface area contributed by atoms with Crippen LogP contribution in [0.25, 0.3) is 0 Å². The second-order valence-corrected chi connectivity index (χ2v) is 7.53. The fourth-order valence-corrected chi connectivity index (χ4v) is 4.06. The highest BCUT2D eigenvalue weighted by atomic mass is 16.2. The Kier molecular flexibility index (Phi) is 5.74. The van der Waals surface area contributed by atoms with Crippen molar-refractivity contribution in [1.29, 1.82) is 0 Å². The van der Waals surface area contributed by atoms with Crippen molar-refractivity contribution >= 4 is 11.8 Å². The Bertz CT molecular complexity index is 600. The van der Waals surface area contributed by atoms with Crippen LogP contribution in [0.5, 0.6) is 0 Å². The first-order chi connectivity index (χ1) is 12.0. The molecule has 1 saturated heterocycles. The SMILES string of the molecule is CC(=O)N[C@H](CC1CCC1)C(=O)N[C@H]1CCN(C)[C@@H]1c1ccccc1. The molecule has 3 rings (SSSR count). The molecule has 1 heterocycles. The van der Waals surface area contributed by atoms with Crippen molar-refractivity contribution in [2.75, 3.05) is 13.6 Å². The summed E-state index contributed by atoms with van der Waals surface area (Å²) in [5.41, 5.74) is 1.22. The second-order valence-electron chi connectivity index (χ2n) is 7.53. The second kappa shape index (κ2) is 8.00. The van der Waals surface area contributed by atoms with Crippen molar-refractivity contribution in [3.8, 4) is 0 Å². The van der Waals surface area contributed by atoms with Crippen LogP contribution in [0, 0.1) is 5.92 Å². The molecule has 0 spiro atoms. The van der Waals surface area contributed by atoms with Gasteiger partial charge in [-0.05, 0) is 31.4 Å². The smallest absolute Gasteiger partial charge is 0.242 e. The summed E-state index contributed by atoms with van der Waals surface area (Å²) >= 11 is 0. The number of rotatable bonds is 6. The summed E-state index contributed by atoms with van der Waals surface area (Å²) < 4.78 is 0. The van der Waals surface area contributed by atoms with Gasteiger partial charge in [-0.1, -0.05) is 49.6 Å². The van der Waals surface area contributed by atoms with E-state index in [1.165, 1.54) is 31.7 Å². The Morgan fingerprint density at radius 3 is 2.52 bits per heavy atom. The lowest BCUT2D eigenvalue weighted by Crippen LogP contribution is -2.51. The van der Waals surface area contributed by atoms with Crippen LogP contribution in [-0.2, 0) is 9.59 Å². The van der Waals surface area contributed by atoms with Crippen LogP contribution in [0.4, 0.5) is 0 Å². The van der Waals surface area contributed by atoms with Gasteiger partial charge in [0.25, 0.3) is 0 Å². The lowest BCUT2D eigenvalue weighted by molar-refractivity contribution is -0.129. The molecule has 136 valence electrons. The minimum atomic E-state index is -0.412. The molecule has 5 nitrogen and oxygen atoms in total. The lowest BCUT2D eigenvalue weighted by Gasteiger charge is -2.31. The maximum Gasteiger partial charge on any atom is 0.242 e. The first-order valence-corrected chi connectivity index (χ1v) is 9.37. The molecule has 1 saturated carbocycles. The van der Waals surface area contributed by atoms with Crippen molar-refractivity contribution < 1.29 is 9.59 Å². The monoisotopic (exact) mass is 343 g/mol. The molecule has 0 aromatic heterocycles. The number of amides is 2. The molecule has 1 aromatic rings. The minimum Gasteiger partial charge on any atom is -0.350 e. The summed E-state index contributed by atoms with van der Waals surface area (Å²) in [4.78, 5) is 26.7. The summed E-state index contributed by atoms with van der Waals surface area (Å²) in [6, 6.07) is 10.2. The number of benzene rings is 1. The van der Waals surface area contributed by atoms with Gasteiger partial charge in [0, 0.05) is 19.5 Å².